The van der Waals surface area contributed by atoms with E-state index in [4.69, 9.17) is 4.74 Å². The van der Waals surface area contributed by atoms with Crippen molar-refractivity contribution in [2.75, 3.05) is 6.61 Å². The van der Waals surface area contributed by atoms with Gasteiger partial charge in [0, 0.05) is 6.42 Å². The number of benzene rings is 2. The van der Waals surface area contributed by atoms with Gasteiger partial charge in [-0.3, -0.25) is 0 Å². The van der Waals surface area contributed by atoms with E-state index in [0.29, 0.717) is 6.61 Å². The maximum absolute atomic E-state index is 5.57. The average Bonchev–Trinajstić information content (AvgIpc) is 2.87. The van der Waals surface area contributed by atoms with Crippen molar-refractivity contribution in [1.29, 1.82) is 0 Å². The number of fused-ring (bicyclic) bond motifs is 1. The number of aliphatic imine (C=N–C) groups is 1. The molecule has 0 saturated heterocycles. The summed E-state index contributed by atoms with van der Waals surface area (Å²) in [6.07, 6.45) is 0.876. The molecular formula is C15H15NO. The van der Waals surface area contributed by atoms with Crippen molar-refractivity contribution in [3.05, 3.63) is 48.0 Å². The zero-order chi connectivity index (χ0) is 11.7. The van der Waals surface area contributed by atoms with Gasteiger partial charge in [0.2, 0.25) is 0 Å². The second kappa shape index (κ2) is 4.21. The lowest BCUT2D eigenvalue weighted by molar-refractivity contribution is 0.313. The van der Waals surface area contributed by atoms with Gasteiger partial charge in [-0.05, 0) is 16.3 Å². The quantitative estimate of drug-likeness (QED) is 0.763. The zero-order valence-electron chi connectivity index (χ0n) is 9.89. The molecule has 2 heteroatoms. The smallest absolute Gasteiger partial charge is 0.183 e. The Balaban J connectivity index is 2.09. The van der Waals surface area contributed by atoms with E-state index in [-0.39, 0.29) is 6.04 Å². The molecule has 1 atom stereocenters. The molecule has 1 heterocycles. The van der Waals surface area contributed by atoms with E-state index in [1.54, 1.807) is 0 Å². The van der Waals surface area contributed by atoms with Crippen LogP contribution in [0.1, 0.15) is 24.9 Å². The van der Waals surface area contributed by atoms with Crippen LogP contribution in [0.25, 0.3) is 10.8 Å². The van der Waals surface area contributed by atoms with Gasteiger partial charge in [0.05, 0.1) is 0 Å². The molecular weight excluding hydrogens is 210 g/mol. The van der Waals surface area contributed by atoms with E-state index in [9.17, 15) is 0 Å². The molecule has 0 bridgehead atoms. The number of ether oxygens (including phenoxy) is 1. The SMILES string of the molecule is CCC1=NC(c2cccc3ccccc23)CO1. The van der Waals surface area contributed by atoms with Gasteiger partial charge in [0.25, 0.3) is 0 Å². The van der Waals surface area contributed by atoms with Crippen LogP contribution in [0, 0.1) is 0 Å². The topological polar surface area (TPSA) is 21.6 Å². The minimum atomic E-state index is 0.163. The van der Waals surface area contributed by atoms with Gasteiger partial charge in [-0.25, -0.2) is 4.99 Å². The fourth-order valence-corrected chi connectivity index (χ4v) is 2.32. The highest BCUT2D eigenvalue weighted by atomic mass is 16.5. The van der Waals surface area contributed by atoms with Gasteiger partial charge in [-0.15, -0.1) is 0 Å². The molecule has 1 aliphatic rings. The number of rotatable bonds is 2. The van der Waals surface area contributed by atoms with Crippen molar-refractivity contribution in [3.8, 4) is 0 Å². The summed E-state index contributed by atoms with van der Waals surface area (Å²) in [6.45, 7) is 2.75. The van der Waals surface area contributed by atoms with Crippen LogP contribution in [0.5, 0.6) is 0 Å². The van der Waals surface area contributed by atoms with Crippen molar-refractivity contribution in [3.63, 3.8) is 0 Å². The Morgan fingerprint density at radius 3 is 2.82 bits per heavy atom. The van der Waals surface area contributed by atoms with Crippen molar-refractivity contribution < 1.29 is 4.74 Å². The van der Waals surface area contributed by atoms with E-state index >= 15 is 0 Å². The predicted octanol–water partition coefficient (Wildman–Crippen LogP) is 3.72. The van der Waals surface area contributed by atoms with Crippen molar-refractivity contribution in [2.24, 2.45) is 4.99 Å². The van der Waals surface area contributed by atoms with Crippen LogP contribution in [-0.4, -0.2) is 12.5 Å². The molecule has 86 valence electrons. The Morgan fingerprint density at radius 2 is 2.00 bits per heavy atom. The molecule has 3 rings (SSSR count). The summed E-state index contributed by atoms with van der Waals surface area (Å²) in [7, 11) is 0. The van der Waals surface area contributed by atoms with Crippen LogP contribution in [0.15, 0.2) is 47.5 Å². The van der Waals surface area contributed by atoms with Crippen LogP contribution < -0.4 is 0 Å². The highest BCUT2D eigenvalue weighted by Crippen LogP contribution is 2.29. The summed E-state index contributed by atoms with van der Waals surface area (Å²) in [5, 5.41) is 2.55. The van der Waals surface area contributed by atoms with E-state index in [1.807, 2.05) is 0 Å². The summed E-state index contributed by atoms with van der Waals surface area (Å²) in [5.41, 5.74) is 1.27. The minimum absolute atomic E-state index is 0.163. The molecule has 0 radical (unpaired) electrons. The number of hydrogen-bond donors (Lipinski definition) is 0. The fraction of sp³-hybridized carbons (Fsp3) is 0.267. The lowest BCUT2D eigenvalue weighted by Crippen LogP contribution is -1.99. The highest BCUT2D eigenvalue weighted by molar-refractivity contribution is 5.87. The Labute approximate surface area is 101 Å². The molecule has 1 aliphatic heterocycles. The molecule has 0 fully saturated rings. The lowest BCUT2D eigenvalue weighted by atomic mass is 10.00. The first-order valence-electron chi connectivity index (χ1n) is 6.05. The Kier molecular flexibility index (Phi) is 2.56. The summed E-state index contributed by atoms with van der Waals surface area (Å²) < 4.78 is 5.57. The maximum Gasteiger partial charge on any atom is 0.183 e. The summed E-state index contributed by atoms with van der Waals surface area (Å²) in [4.78, 5) is 4.62. The van der Waals surface area contributed by atoms with Crippen LogP contribution in [0.2, 0.25) is 0 Å². The van der Waals surface area contributed by atoms with E-state index in [1.165, 1.54) is 16.3 Å². The Hall–Kier alpha value is -1.83. The molecule has 2 nitrogen and oxygen atoms in total. The lowest BCUT2D eigenvalue weighted by Gasteiger charge is -2.09. The van der Waals surface area contributed by atoms with Gasteiger partial charge >= 0.3 is 0 Å². The van der Waals surface area contributed by atoms with Crippen molar-refractivity contribution in [2.45, 2.75) is 19.4 Å². The Bertz CT molecular complexity index is 569. The molecule has 2 aromatic rings. The zero-order valence-corrected chi connectivity index (χ0v) is 9.89. The first kappa shape index (κ1) is 10.3. The van der Waals surface area contributed by atoms with Crippen LogP contribution in [-0.2, 0) is 4.74 Å². The van der Waals surface area contributed by atoms with E-state index in [0.717, 1.165) is 12.3 Å². The molecule has 0 saturated carbocycles. The molecule has 17 heavy (non-hydrogen) atoms. The van der Waals surface area contributed by atoms with Crippen LogP contribution in [0.4, 0.5) is 0 Å². The minimum Gasteiger partial charge on any atom is -0.478 e. The largest absolute Gasteiger partial charge is 0.478 e. The number of hydrogen-bond acceptors (Lipinski definition) is 2. The van der Waals surface area contributed by atoms with Crippen LogP contribution in [0.3, 0.4) is 0 Å². The van der Waals surface area contributed by atoms with E-state index < -0.39 is 0 Å². The Morgan fingerprint density at radius 1 is 1.18 bits per heavy atom. The monoisotopic (exact) mass is 225 g/mol. The molecule has 0 spiro atoms. The molecule has 2 aromatic carbocycles. The normalized spacial score (nSPS) is 19.1. The molecule has 0 aliphatic carbocycles. The van der Waals surface area contributed by atoms with Gasteiger partial charge in [-0.1, -0.05) is 49.4 Å². The van der Waals surface area contributed by atoms with Gasteiger partial charge in [0.1, 0.15) is 12.6 Å². The van der Waals surface area contributed by atoms with Gasteiger partial charge in [-0.2, -0.15) is 0 Å². The first-order chi connectivity index (χ1) is 8.38. The second-order valence-corrected chi connectivity index (χ2v) is 4.27. The second-order valence-electron chi connectivity index (χ2n) is 4.27. The van der Waals surface area contributed by atoms with Crippen LogP contribution >= 0.6 is 0 Å². The average molecular weight is 225 g/mol. The third kappa shape index (κ3) is 1.80. The molecule has 1 unspecified atom stereocenters. The first-order valence-corrected chi connectivity index (χ1v) is 6.05. The maximum atomic E-state index is 5.57. The molecule has 0 N–H and O–H groups in total. The fourth-order valence-electron chi connectivity index (χ4n) is 2.32. The number of nitrogens with zero attached hydrogens (tertiary/aromatic N) is 1. The molecule has 0 aromatic heterocycles. The molecule has 0 amide bonds. The summed E-state index contributed by atoms with van der Waals surface area (Å²) >= 11 is 0. The standard InChI is InChI=1S/C15H15NO/c1-2-15-16-14(10-17-15)13-9-5-7-11-6-3-4-8-12(11)13/h3-9,14H,2,10H2,1H3. The summed E-state index contributed by atoms with van der Waals surface area (Å²) in [6, 6.07) is 15.0. The van der Waals surface area contributed by atoms with Crippen molar-refractivity contribution in [1.82, 2.24) is 0 Å². The third-order valence-electron chi connectivity index (χ3n) is 3.19. The van der Waals surface area contributed by atoms with Gasteiger partial charge in [0.15, 0.2) is 5.90 Å². The third-order valence-corrected chi connectivity index (χ3v) is 3.19. The van der Waals surface area contributed by atoms with Gasteiger partial charge < -0.3 is 4.74 Å². The van der Waals surface area contributed by atoms with Crippen molar-refractivity contribution >= 4 is 16.7 Å². The highest BCUT2D eigenvalue weighted by Gasteiger charge is 2.20. The van der Waals surface area contributed by atoms with E-state index in [2.05, 4.69) is 54.4 Å². The predicted molar refractivity (Wildman–Crippen MR) is 70.4 cm³/mol. The summed E-state index contributed by atoms with van der Waals surface area (Å²) in [5.74, 6) is 0.878.